The van der Waals surface area contributed by atoms with Crippen LogP contribution in [0.3, 0.4) is 0 Å². The smallest absolute Gasteiger partial charge is 0.220 e. The molecule has 1 aromatic rings. The Morgan fingerprint density at radius 1 is 1.35 bits per heavy atom. The molecule has 5 nitrogen and oxygen atoms in total. The lowest BCUT2D eigenvalue weighted by Gasteiger charge is -2.26. The van der Waals surface area contributed by atoms with Crippen molar-refractivity contribution in [2.24, 2.45) is 0 Å². The summed E-state index contributed by atoms with van der Waals surface area (Å²) in [5, 5.41) is 20.7. The van der Waals surface area contributed by atoms with Gasteiger partial charge in [0.1, 0.15) is 0 Å². The molecule has 0 saturated heterocycles. The molecule has 1 aromatic heterocycles. The summed E-state index contributed by atoms with van der Waals surface area (Å²) in [5.74, 6) is -0.188. The van der Waals surface area contributed by atoms with Crippen LogP contribution in [0.5, 0.6) is 0 Å². The van der Waals surface area contributed by atoms with Gasteiger partial charge in [0.05, 0.1) is 18.8 Å². The van der Waals surface area contributed by atoms with E-state index in [0.717, 1.165) is 5.56 Å². The molecule has 17 heavy (non-hydrogen) atoms. The second-order valence-corrected chi connectivity index (χ2v) is 4.28. The SMILES string of the molecule is CC(CO)(CO)NC(=O)CCc1ccncc1. The number of aliphatic hydroxyl groups is 2. The molecule has 0 saturated carbocycles. The summed E-state index contributed by atoms with van der Waals surface area (Å²) in [7, 11) is 0. The first-order chi connectivity index (χ1) is 8.09. The van der Waals surface area contributed by atoms with E-state index in [-0.39, 0.29) is 19.1 Å². The molecule has 0 fully saturated rings. The van der Waals surface area contributed by atoms with Gasteiger partial charge in [-0.15, -0.1) is 0 Å². The van der Waals surface area contributed by atoms with Gasteiger partial charge < -0.3 is 15.5 Å². The third kappa shape index (κ3) is 4.50. The molecule has 0 aliphatic carbocycles. The molecule has 0 radical (unpaired) electrons. The van der Waals surface area contributed by atoms with Gasteiger partial charge in [0, 0.05) is 18.8 Å². The molecule has 94 valence electrons. The predicted molar refractivity (Wildman–Crippen MR) is 63.3 cm³/mol. The van der Waals surface area contributed by atoms with E-state index in [1.54, 1.807) is 19.3 Å². The number of hydrogen-bond donors (Lipinski definition) is 3. The maximum atomic E-state index is 11.6. The topological polar surface area (TPSA) is 82.5 Å². The fraction of sp³-hybridized carbons (Fsp3) is 0.500. The Balaban J connectivity index is 2.40. The highest BCUT2D eigenvalue weighted by atomic mass is 16.3. The van der Waals surface area contributed by atoms with Crippen LogP contribution in [0.25, 0.3) is 0 Å². The van der Waals surface area contributed by atoms with Crippen molar-refractivity contribution in [1.82, 2.24) is 10.3 Å². The molecule has 1 amide bonds. The standard InChI is InChI=1S/C12H18N2O3/c1-12(8-15,9-16)14-11(17)3-2-10-4-6-13-7-5-10/h4-7,15-16H,2-3,8-9H2,1H3,(H,14,17). The second-order valence-electron chi connectivity index (χ2n) is 4.28. The summed E-state index contributed by atoms with van der Waals surface area (Å²) in [4.78, 5) is 15.5. The first kappa shape index (κ1) is 13.6. The van der Waals surface area contributed by atoms with Crippen LogP contribution in [-0.4, -0.2) is 39.9 Å². The quantitative estimate of drug-likeness (QED) is 0.645. The summed E-state index contributed by atoms with van der Waals surface area (Å²) in [6.45, 7) is 1.02. The summed E-state index contributed by atoms with van der Waals surface area (Å²) in [5.41, 5.74) is 0.0832. The number of aliphatic hydroxyl groups excluding tert-OH is 2. The number of hydrogen-bond acceptors (Lipinski definition) is 4. The third-order valence-electron chi connectivity index (χ3n) is 2.53. The lowest BCUT2D eigenvalue weighted by atomic mass is 10.0. The van der Waals surface area contributed by atoms with E-state index >= 15 is 0 Å². The van der Waals surface area contributed by atoms with Crippen LogP contribution in [0, 0.1) is 0 Å². The fourth-order valence-corrected chi connectivity index (χ4v) is 1.34. The molecule has 0 aromatic carbocycles. The van der Waals surface area contributed by atoms with Crippen LogP contribution in [0.2, 0.25) is 0 Å². The zero-order valence-electron chi connectivity index (χ0n) is 9.89. The fourth-order valence-electron chi connectivity index (χ4n) is 1.34. The van der Waals surface area contributed by atoms with E-state index in [0.29, 0.717) is 12.8 Å². The number of nitrogens with zero attached hydrogens (tertiary/aromatic N) is 1. The summed E-state index contributed by atoms with van der Waals surface area (Å²) in [6, 6.07) is 3.70. The van der Waals surface area contributed by atoms with E-state index in [2.05, 4.69) is 10.3 Å². The lowest BCUT2D eigenvalue weighted by Crippen LogP contribution is -2.51. The Bertz CT molecular complexity index is 350. The van der Waals surface area contributed by atoms with Gasteiger partial charge in [0.15, 0.2) is 0 Å². The Labute approximate surface area is 101 Å². The van der Waals surface area contributed by atoms with Crippen LogP contribution in [0.1, 0.15) is 18.9 Å². The van der Waals surface area contributed by atoms with E-state index in [1.807, 2.05) is 12.1 Å². The molecular formula is C12H18N2O3. The number of aryl methyl sites for hydroxylation is 1. The van der Waals surface area contributed by atoms with Gasteiger partial charge in [-0.1, -0.05) is 0 Å². The van der Waals surface area contributed by atoms with Crippen molar-refractivity contribution in [2.75, 3.05) is 13.2 Å². The van der Waals surface area contributed by atoms with Gasteiger partial charge in [0.25, 0.3) is 0 Å². The minimum atomic E-state index is -0.949. The maximum absolute atomic E-state index is 11.6. The van der Waals surface area contributed by atoms with E-state index in [4.69, 9.17) is 10.2 Å². The molecule has 0 spiro atoms. The molecule has 5 heteroatoms. The number of amides is 1. The monoisotopic (exact) mass is 238 g/mol. The zero-order valence-corrected chi connectivity index (χ0v) is 9.89. The van der Waals surface area contributed by atoms with Crippen LogP contribution < -0.4 is 5.32 Å². The molecule has 3 N–H and O–H groups in total. The van der Waals surface area contributed by atoms with Crippen molar-refractivity contribution in [3.05, 3.63) is 30.1 Å². The summed E-state index contributed by atoms with van der Waals surface area (Å²) < 4.78 is 0. The molecular weight excluding hydrogens is 220 g/mol. The van der Waals surface area contributed by atoms with Crippen LogP contribution >= 0.6 is 0 Å². The summed E-state index contributed by atoms with van der Waals surface area (Å²) in [6.07, 6.45) is 4.29. The molecule has 1 heterocycles. The van der Waals surface area contributed by atoms with Crippen molar-refractivity contribution in [1.29, 1.82) is 0 Å². The molecule has 1 rings (SSSR count). The average Bonchev–Trinajstić information content (AvgIpc) is 2.37. The first-order valence-corrected chi connectivity index (χ1v) is 5.51. The minimum absolute atomic E-state index is 0.188. The lowest BCUT2D eigenvalue weighted by molar-refractivity contribution is -0.124. The Kier molecular flexibility index (Phi) is 5.06. The number of carbonyl (C=O) groups excluding carboxylic acids is 1. The normalized spacial score (nSPS) is 11.2. The number of pyridine rings is 1. The van der Waals surface area contributed by atoms with Crippen LogP contribution in [-0.2, 0) is 11.2 Å². The van der Waals surface area contributed by atoms with Crippen LogP contribution in [0.4, 0.5) is 0 Å². The predicted octanol–water partition coefficient (Wildman–Crippen LogP) is -0.126. The van der Waals surface area contributed by atoms with Crippen LogP contribution in [0.15, 0.2) is 24.5 Å². The van der Waals surface area contributed by atoms with Gasteiger partial charge in [-0.2, -0.15) is 0 Å². The molecule has 0 aliphatic heterocycles. The highest BCUT2D eigenvalue weighted by molar-refractivity contribution is 5.77. The van der Waals surface area contributed by atoms with Gasteiger partial charge in [-0.25, -0.2) is 0 Å². The van der Waals surface area contributed by atoms with Crippen molar-refractivity contribution >= 4 is 5.91 Å². The van der Waals surface area contributed by atoms with Crippen molar-refractivity contribution in [2.45, 2.75) is 25.3 Å². The Hall–Kier alpha value is -1.46. The van der Waals surface area contributed by atoms with Crippen molar-refractivity contribution < 1.29 is 15.0 Å². The molecule has 0 aliphatic rings. The average molecular weight is 238 g/mol. The summed E-state index contributed by atoms with van der Waals surface area (Å²) >= 11 is 0. The molecule has 0 atom stereocenters. The Morgan fingerprint density at radius 3 is 2.47 bits per heavy atom. The number of nitrogens with one attached hydrogen (secondary N) is 1. The molecule has 0 unspecified atom stereocenters. The van der Waals surface area contributed by atoms with Gasteiger partial charge >= 0.3 is 0 Å². The largest absolute Gasteiger partial charge is 0.394 e. The maximum Gasteiger partial charge on any atom is 0.220 e. The van der Waals surface area contributed by atoms with Crippen molar-refractivity contribution in [3.8, 4) is 0 Å². The Morgan fingerprint density at radius 2 is 1.94 bits per heavy atom. The highest BCUT2D eigenvalue weighted by Crippen LogP contribution is 2.04. The number of aromatic nitrogens is 1. The second kappa shape index (κ2) is 6.32. The van der Waals surface area contributed by atoms with Gasteiger partial charge in [0.2, 0.25) is 5.91 Å². The van der Waals surface area contributed by atoms with E-state index in [1.165, 1.54) is 0 Å². The molecule has 0 bridgehead atoms. The minimum Gasteiger partial charge on any atom is -0.394 e. The van der Waals surface area contributed by atoms with Crippen molar-refractivity contribution in [3.63, 3.8) is 0 Å². The van der Waals surface area contributed by atoms with Gasteiger partial charge in [-0.05, 0) is 31.0 Å². The third-order valence-corrected chi connectivity index (χ3v) is 2.53. The van der Waals surface area contributed by atoms with Gasteiger partial charge in [-0.3, -0.25) is 9.78 Å². The van der Waals surface area contributed by atoms with E-state index < -0.39 is 5.54 Å². The number of rotatable bonds is 6. The highest BCUT2D eigenvalue weighted by Gasteiger charge is 2.24. The zero-order chi connectivity index (χ0) is 12.7. The first-order valence-electron chi connectivity index (χ1n) is 5.51. The van der Waals surface area contributed by atoms with E-state index in [9.17, 15) is 4.79 Å². The number of carbonyl (C=O) groups is 1.